The number of nitrogens with one attached hydrogen (secondary N) is 1. The van der Waals surface area contributed by atoms with Crippen LogP contribution in [0.15, 0.2) is 72.9 Å². The molecule has 4 aromatic rings. The van der Waals surface area contributed by atoms with Gasteiger partial charge in [0.05, 0.1) is 25.4 Å². The van der Waals surface area contributed by atoms with Crippen LogP contribution in [0.4, 0.5) is 10.5 Å². The molecular weight excluding hydrogens is 456 g/mol. The molecule has 178 valence electrons. The van der Waals surface area contributed by atoms with Gasteiger partial charge >= 0.3 is 6.03 Å². The highest BCUT2D eigenvalue weighted by Gasteiger charge is 2.36. The summed E-state index contributed by atoms with van der Waals surface area (Å²) in [5.74, 6) is 0.801. The van der Waals surface area contributed by atoms with Gasteiger partial charge in [-0.3, -0.25) is 0 Å². The molecule has 2 aliphatic rings. The number of likely N-dealkylation sites (N-methyl/N-ethyl adjacent to an activating group) is 1. The highest BCUT2D eigenvalue weighted by molar-refractivity contribution is 7.15. The predicted octanol–water partition coefficient (Wildman–Crippen LogP) is 5.67. The van der Waals surface area contributed by atoms with Crippen molar-refractivity contribution in [2.75, 3.05) is 26.0 Å². The third-order valence-electron chi connectivity index (χ3n) is 6.97. The molecule has 0 unspecified atom stereocenters. The first-order valence-corrected chi connectivity index (χ1v) is 12.7. The van der Waals surface area contributed by atoms with Gasteiger partial charge in [0.2, 0.25) is 0 Å². The van der Waals surface area contributed by atoms with E-state index < -0.39 is 0 Å². The topological polar surface area (TPSA) is 49.7 Å². The maximum atomic E-state index is 13.9. The van der Waals surface area contributed by atoms with E-state index in [1.807, 2.05) is 58.7 Å². The molecule has 1 atom stereocenters. The van der Waals surface area contributed by atoms with Crippen molar-refractivity contribution in [1.82, 2.24) is 14.4 Å². The number of aromatic nitrogens is 1. The fourth-order valence-electron chi connectivity index (χ4n) is 5.21. The molecule has 1 N–H and O–H groups in total. The quantitative estimate of drug-likeness (QED) is 0.408. The van der Waals surface area contributed by atoms with Gasteiger partial charge in [0.15, 0.2) is 0 Å². The number of para-hydroxylation sites is 1. The number of urea groups is 1. The molecule has 2 amide bonds. The molecule has 4 heterocycles. The number of ether oxygens (including phenoxy) is 1. The minimum atomic E-state index is -0.235. The first kappa shape index (κ1) is 21.9. The van der Waals surface area contributed by atoms with Crippen molar-refractivity contribution in [1.29, 1.82) is 0 Å². The third kappa shape index (κ3) is 3.90. The van der Waals surface area contributed by atoms with Gasteiger partial charge in [-0.25, -0.2) is 4.79 Å². The van der Waals surface area contributed by atoms with E-state index in [0.29, 0.717) is 6.54 Å². The molecule has 2 aromatic heterocycles. The summed E-state index contributed by atoms with van der Waals surface area (Å²) in [6, 6.07) is 21.6. The average molecular weight is 485 g/mol. The van der Waals surface area contributed by atoms with Gasteiger partial charge in [0.1, 0.15) is 10.8 Å². The van der Waals surface area contributed by atoms with Crippen LogP contribution in [-0.4, -0.2) is 41.1 Å². The van der Waals surface area contributed by atoms with Crippen molar-refractivity contribution in [2.45, 2.75) is 25.6 Å². The number of nitrogens with zero attached hydrogens (tertiary/aromatic N) is 3. The summed E-state index contributed by atoms with van der Waals surface area (Å²) in [5, 5.41) is 4.38. The van der Waals surface area contributed by atoms with E-state index in [1.165, 1.54) is 21.0 Å². The van der Waals surface area contributed by atoms with Crippen LogP contribution >= 0.6 is 11.3 Å². The molecule has 0 saturated heterocycles. The van der Waals surface area contributed by atoms with Crippen LogP contribution in [0.2, 0.25) is 0 Å². The molecule has 0 aliphatic carbocycles. The van der Waals surface area contributed by atoms with Crippen molar-refractivity contribution >= 4 is 23.1 Å². The van der Waals surface area contributed by atoms with Gasteiger partial charge in [-0.05, 0) is 61.0 Å². The number of rotatable bonds is 3. The zero-order valence-corrected chi connectivity index (χ0v) is 20.7. The molecule has 6 rings (SSSR count). The summed E-state index contributed by atoms with van der Waals surface area (Å²) >= 11 is 1.87. The summed E-state index contributed by atoms with van der Waals surface area (Å²) in [6.07, 6.45) is 3.14. The maximum absolute atomic E-state index is 13.9. The lowest BCUT2D eigenvalue weighted by atomic mass is 10.00. The lowest BCUT2D eigenvalue weighted by Crippen LogP contribution is -2.38. The van der Waals surface area contributed by atoms with E-state index in [4.69, 9.17) is 4.74 Å². The van der Waals surface area contributed by atoms with Crippen LogP contribution in [0.5, 0.6) is 5.75 Å². The third-order valence-corrected chi connectivity index (χ3v) is 8.23. The fourth-order valence-corrected chi connectivity index (χ4v) is 6.65. The fraction of sp³-hybridized carbons (Fsp3) is 0.250. The Labute approximate surface area is 209 Å². The average Bonchev–Trinajstić information content (AvgIpc) is 3.46. The predicted molar refractivity (Wildman–Crippen MR) is 140 cm³/mol. The summed E-state index contributed by atoms with van der Waals surface area (Å²) in [7, 11) is 3.85. The molecule has 0 bridgehead atoms. The number of thiophene rings is 1. The standard InChI is InChI=1S/C28H28N4O2S/c1-30-16-14-22-23-17-32(28(33)29-20-7-4-3-5-8-20)26(19-10-12-21(34-2)13-11-19)24-9-6-15-31(24)27(23)35-25(22)18-30/h3-13,15,26H,14,16-18H2,1-2H3,(H,29,33)/t26-/m1/s1. The summed E-state index contributed by atoms with van der Waals surface area (Å²) in [4.78, 5) is 19.7. The Balaban J connectivity index is 1.49. The highest BCUT2D eigenvalue weighted by atomic mass is 32.1. The van der Waals surface area contributed by atoms with Crippen molar-refractivity contribution in [2.24, 2.45) is 0 Å². The number of amides is 2. The van der Waals surface area contributed by atoms with E-state index in [0.717, 1.165) is 42.2 Å². The minimum absolute atomic E-state index is 0.106. The van der Waals surface area contributed by atoms with E-state index >= 15 is 0 Å². The monoisotopic (exact) mass is 484 g/mol. The number of anilines is 1. The molecule has 7 heteroatoms. The second-order valence-electron chi connectivity index (χ2n) is 9.18. The maximum Gasteiger partial charge on any atom is 0.322 e. The molecule has 0 fully saturated rings. The zero-order chi connectivity index (χ0) is 23.9. The van der Waals surface area contributed by atoms with Crippen LogP contribution in [0.3, 0.4) is 0 Å². The van der Waals surface area contributed by atoms with E-state index in [2.05, 4.69) is 52.3 Å². The van der Waals surface area contributed by atoms with Crippen molar-refractivity contribution in [3.63, 3.8) is 0 Å². The molecule has 0 spiro atoms. The first-order valence-electron chi connectivity index (χ1n) is 11.9. The Morgan fingerprint density at radius 3 is 2.57 bits per heavy atom. The van der Waals surface area contributed by atoms with Crippen LogP contribution in [0.25, 0.3) is 5.00 Å². The Hall–Kier alpha value is -3.55. The van der Waals surface area contributed by atoms with E-state index in [9.17, 15) is 4.79 Å². The van der Waals surface area contributed by atoms with Gasteiger partial charge in [-0.15, -0.1) is 11.3 Å². The van der Waals surface area contributed by atoms with E-state index in [-0.39, 0.29) is 12.1 Å². The van der Waals surface area contributed by atoms with Crippen molar-refractivity contribution in [3.8, 4) is 10.8 Å². The highest BCUT2D eigenvalue weighted by Crippen LogP contribution is 2.43. The zero-order valence-electron chi connectivity index (χ0n) is 19.9. The molecule has 2 aromatic carbocycles. The number of carbonyl (C=O) groups is 1. The van der Waals surface area contributed by atoms with Crippen LogP contribution in [0, 0.1) is 0 Å². The number of fused-ring (bicyclic) bond motifs is 5. The lowest BCUT2D eigenvalue weighted by molar-refractivity contribution is 0.194. The van der Waals surface area contributed by atoms with Crippen LogP contribution in [0.1, 0.15) is 33.3 Å². The Morgan fingerprint density at radius 2 is 1.80 bits per heavy atom. The molecule has 35 heavy (non-hydrogen) atoms. The van der Waals surface area contributed by atoms with Gasteiger partial charge < -0.3 is 24.4 Å². The number of benzene rings is 2. The smallest absolute Gasteiger partial charge is 0.322 e. The van der Waals surface area contributed by atoms with Crippen LogP contribution < -0.4 is 10.1 Å². The van der Waals surface area contributed by atoms with Gasteiger partial charge in [0.25, 0.3) is 0 Å². The molecular formula is C28H28N4O2S. The van der Waals surface area contributed by atoms with Gasteiger partial charge in [-0.2, -0.15) is 0 Å². The van der Waals surface area contributed by atoms with Crippen molar-refractivity contribution < 1.29 is 9.53 Å². The second kappa shape index (κ2) is 8.91. The lowest BCUT2D eigenvalue weighted by Gasteiger charge is -2.32. The molecule has 2 aliphatic heterocycles. The van der Waals surface area contributed by atoms with Gasteiger partial charge in [0, 0.05) is 35.4 Å². The Morgan fingerprint density at radius 1 is 1.00 bits per heavy atom. The second-order valence-corrected chi connectivity index (χ2v) is 10.3. The summed E-state index contributed by atoms with van der Waals surface area (Å²) in [6.45, 7) is 2.55. The molecule has 6 nitrogen and oxygen atoms in total. The molecule has 0 radical (unpaired) electrons. The number of carbonyl (C=O) groups excluding carboxylic acids is 1. The number of hydrogen-bond donors (Lipinski definition) is 1. The largest absolute Gasteiger partial charge is 0.497 e. The van der Waals surface area contributed by atoms with Gasteiger partial charge in [-0.1, -0.05) is 30.3 Å². The Bertz CT molecular complexity index is 1360. The van der Waals surface area contributed by atoms with Crippen LogP contribution in [-0.2, 0) is 19.5 Å². The molecule has 0 saturated carbocycles. The number of hydrogen-bond acceptors (Lipinski definition) is 4. The summed E-state index contributed by atoms with van der Waals surface area (Å²) in [5.41, 5.74) is 5.62. The van der Waals surface area contributed by atoms with E-state index in [1.54, 1.807) is 7.11 Å². The minimum Gasteiger partial charge on any atom is -0.497 e. The van der Waals surface area contributed by atoms with Crippen molar-refractivity contribution in [3.05, 3.63) is 100 Å². The SMILES string of the molecule is COc1ccc([C@@H]2c3cccn3-c3sc4c(c3CN2C(=O)Nc2ccccc2)CCN(C)C4)cc1. The summed E-state index contributed by atoms with van der Waals surface area (Å²) < 4.78 is 7.69. The Kier molecular flexibility index (Phi) is 5.59. The number of methoxy groups -OCH3 is 1. The first-order chi connectivity index (χ1) is 17.1. The normalized spacial score (nSPS) is 17.2.